The van der Waals surface area contributed by atoms with Crippen molar-refractivity contribution in [3.63, 3.8) is 0 Å². The first-order chi connectivity index (χ1) is 11.9. The van der Waals surface area contributed by atoms with Gasteiger partial charge in [-0.1, -0.05) is 19.4 Å². The summed E-state index contributed by atoms with van der Waals surface area (Å²) < 4.78 is 5.48. The first kappa shape index (κ1) is 19.7. The zero-order valence-corrected chi connectivity index (χ0v) is 16.4. The molecule has 0 saturated carbocycles. The third-order valence-corrected chi connectivity index (χ3v) is 4.49. The molecule has 5 heteroatoms. The van der Waals surface area contributed by atoms with Crippen LogP contribution in [0, 0.1) is 0 Å². The molecule has 1 amide bonds. The van der Waals surface area contributed by atoms with Crippen LogP contribution in [-0.4, -0.2) is 41.2 Å². The maximum absolute atomic E-state index is 12.4. The van der Waals surface area contributed by atoms with Crippen LogP contribution in [-0.2, 0) is 4.74 Å². The fourth-order valence-corrected chi connectivity index (χ4v) is 3.38. The van der Waals surface area contributed by atoms with Gasteiger partial charge in [-0.25, -0.2) is 9.78 Å². The summed E-state index contributed by atoms with van der Waals surface area (Å²) in [6.07, 6.45) is 6.49. The summed E-state index contributed by atoms with van der Waals surface area (Å²) in [6.45, 7) is 12.6. The van der Waals surface area contributed by atoms with Gasteiger partial charge in [-0.15, -0.1) is 0 Å². The number of ether oxygens (including phenoxy) is 1. The molecule has 1 aromatic rings. The van der Waals surface area contributed by atoms with E-state index in [0.717, 1.165) is 6.54 Å². The number of piperidine rings is 1. The van der Waals surface area contributed by atoms with Crippen LogP contribution in [0.5, 0.6) is 0 Å². The fourth-order valence-electron chi connectivity index (χ4n) is 3.38. The smallest absolute Gasteiger partial charge is 0.415 e. The summed E-state index contributed by atoms with van der Waals surface area (Å²) >= 11 is 0. The molecule has 0 unspecified atom stereocenters. The van der Waals surface area contributed by atoms with E-state index in [-0.39, 0.29) is 6.09 Å². The topological polar surface area (TPSA) is 45.7 Å². The molecule has 0 N–H and O–H groups in total. The molecule has 2 rings (SSSR count). The van der Waals surface area contributed by atoms with Gasteiger partial charge in [0.2, 0.25) is 0 Å². The first-order valence-electron chi connectivity index (χ1n) is 9.56. The minimum atomic E-state index is -0.507. The first-order valence-corrected chi connectivity index (χ1v) is 9.56. The number of likely N-dealkylation sites (tertiary alicyclic amines) is 1. The van der Waals surface area contributed by atoms with Gasteiger partial charge in [-0.05, 0) is 71.7 Å². The lowest BCUT2D eigenvalue weighted by Gasteiger charge is -2.35. The number of aromatic nitrogens is 1. The highest BCUT2D eigenvalue weighted by Gasteiger charge is 2.25. The third kappa shape index (κ3) is 5.43. The molecule has 0 bridgehead atoms. The molecular formula is C20H33N3O2. The van der Waals surface area contributed by atoms with Crippen molar-refractivity contribution >= 4 is 11.9 Å². The van der Waals surface area contributed by atoms with Crippen molar-refractivity contribution < 1.29 is 9.53 Å². The SMILES string of the molecule is CCCN1CCCC[C@@H]1c1ccc(N(CC)C(=O)OC(C)(C)C)nc1. The second-order valence-corrected chi connectivity index (χ2v) is 7.72. The summed E-state index contributed by atoms with van der Waals surface area (Å²) in [5, 5.41) is 0. The highest BCUT2D eigenvalue weighted by atomic mass is 16.6. The van der Waals surface area contributed by atoms with Gasteiger partial charge >= 0.3 is 6.09 Å². The summed E-state index contributed by atoms with van der Waals surface area (Å²) in [7, 11) is 0. The van der Waals surface area contributed by atoms with Crippen molar-refractivity contribution in [1.82, 2.24) is 9.88 Å². The second kappa shape index (κ2) is 8.65. The number of hydrogen-bond donors (Lipinski definition) is 0. The number of rotatable bonds is 5. The highest BCUT2D eigenvalue weighted by Crippen LogP contribution is 2.31. The van der Waals surface area contributed by atoms with Crippen LogP contribution in [0.3, 0.4) is 0 Å². The van der Waals surface area contributed by atoms with Gasteiger partial charge in [-0.2, -0.15) is 0 Å². The molecule has 1 saturated heterocycles. The van der Waals surface area contributed by atoms with Gasteiger partial charge in [0.15, 0.2) is 0 Å². The molecule has 1 aliphatic rings. The van der Waals surface area contributed by atoms with E-state index in [1.165, 1.54) is 37.8 Å². The molecule has 1 aromatic heterocycles. The van der Waals surface area contributed by atoms with Crippen LogP contribution >= 0.6 is 0 Å². The van der Waals surface area contributed by atoms with Crippen LogP contribution in [0.1, 0.15) is 71.9 Å². The van der Waals surface area contributed by atoms with Gasteiger partial charge in [0, 0.05) is 18.8 Å². The molecule has 25 heavy (non-hydrogen) atoms. The highest BCUT2D eigenvalue weighted by molar-refractivity contribution is 5.86. The number of amides is 1. The Morgan fingerprint density at radius 1 is 1.32 bits per heavy atom. The standard InChI is InChI=1S/C20H33N3O2/c1-6-13-22-14-9-8-10-17(22)16-11-12-18(21-15-16)23(7-2)19(24)25-20(3,4)5/h11-12,15,17H,6-10,13-14H2,1-5H3/t17-/m1/s1. The molecule has 0 spiro atoms. The average molecular weight is 348 g/mol. The summed E-state index contributed by atoms with van der Waals surface area (Å²) in [5.41, 5.74) is 0.741. The van der Waals surface area contributed by atoms with Crippen molar-refractivity contribution in [2.45, 2.75) is 71.9 Å². The Bertz CT molecular complexity index is 549. The van der Waals surface area contributed by atoms with E-state index < -0.39 is 5.60 Å². The van der Waals surface area contributed by atoms with Crippen molar-refractivity contribution in [3.8, 4) is 0 Å². The zero-order chi connectivity index (χ0) is 18.4. The Hall–Kier alpha value is -1.62. The minimum Gasteiger partial charge on any atom is -0.443 e. The lowest BCUT2D eigenvalue weighted by atomic mass is 9.96. The average Bonchev–Trinajstić information content (AvgIpc) is 2.55. The van der Waals surface area contributed by atoms with Crippen LogP contribution in [0.4, 0.5) is 10.6 Å². The van der Waals surface area contributed by atoms with E-state index in [9.17, 15) is 4.79 Å². The molecule has 0 aliphatic carbocycles. The number of anilines is 1. The number of carbonyl (C=O) groups is 1. The Kier molecular flexibility index (Phi) is 6.82. The fraction of sp³-hybridized carbons (Fsp3) is 0.700. The molecule has 1 aliphatic heterocycles. The summed E-state index contributed by atoms with van der Waals surface area (Å²) in [5.74, 6) is 0.651. The quantitative estimate of drug-likeness (QED) is 0.769. The zero-order valence-electron chi connectivity index (χ0n) is 16.4. The third-order valence-electron chi connectivity index (χ3n) is 4.49. The van der Waals surface area contributed by atoms with Crippen molar-refractivity contribution in [2.24, 2.45) is 0 Å². The maximum Gasteiger partial charge on any atom is 0.415 e. The number of carbonyl (C=O) groups excluding carboxylic acids is 1. The molecular weight excluding hydrogens is 314 g/mol. The van der Waals surface area contributed by atoms with Crippen LogP contribution in [0.2, 0.25) is 0 Å². The van der Waals surface area contributed by atoms with Gasteiger partial charge in [0.1, 0.15) is 11.4 Å². The van der Waals surface area contributed by atoms with Crippen LogP contribution < -0.4 is 4.90 Å². The Morgan fingerprint density at radius 2 is 2.08 bits per heavy atom. The number of pyridine rings is 1. The molecule has 0 aromatic carbocycles. The minimum absolute atomic E-state index is 0.347. The Balaban J connectivity index is 2.13. The predicted octanol–water partition coefficient (Wildman–Crippen LogP) is 4.78. The lowest BCUT2D eigenvalue weighted by molar-refractivity contribution is 0.0581. The van der Waals surface area contributed by atoms with E-state index in [1.54, 1.807) is 4.90 Å². The molecule has 1 atom stereocenters. The van der Waals surface area contributed by atoms with Gasteiger partial charge in [-0.3, -0.25) is 9.80 Å². The van der Waals surface area contributed by atoms with E-state index in [4.69, 9.17) is 4.74 Å². The van der Waals surface area contributed by atoms with Gasteiger partial charge in [0.05, 0.1) is 0 Å². The predicted molar refractivity (Wildman–Crippen MR) is 102 cm³/mol. The van der Waals surface area contributed by atoms with Gasteiger partial charge in [0.25, 0.3) is 0 Å². The van der Waals surface area contributed by atoms with E-state index in [1.807, 2.05) is 40.0 Å². The van der Waals surface area contributed by atoms with Crippen molar-refractivity contribution in [2.75, 3.05) is 24.5 Å². The number of hydrogen-bond acceptors (Lipinski definition) is 4. The largest absolute Gasteiger partial charge is 0.443 e. The van der Waals surface area contributed by atoms with Crippen LogP contribution in [0.25, 0.3) is 0 Å². The lowest BCUT2D eigenvalue weighted by Crippen LogP contribution is -2.37. The molecule has 2 heterocycles. The normalized spacial score (nSPS) is 18.8. The monoisotopic (exact) mass is 347 g/mol. The van der Waals surface area contributed by atoms with Gasteiger partial charge < -0.3 is 4.74 Å². The van der Waals surface area contributed by atoms with Crippen LogP contribution in [0.15, 0.2) is 18.3 Å². The maximum atomic E-state index is 12.4. The Morgan fingerprint density at radius 3 is 2.64 bits per heavy atom. The van der Waals surface area contributed by atoms with E-state index in [2.05, 4.69) is 22.9 Å². The Labute approximate surface area is 152 Å². The summed E-state index contributed by atoms with van der Waals surface area (Å²) in [6, 6.07) is 4.52. The van der Waals surface area contributed by atoms with E-state index >= 15 is 0 Å². The molecule has 140 valence electrons. The molecule has 5 nitrogen and oxygen atoms in total. The molecule has 0 radical (unpaired) electrons. The second-order valence-electron chi connectivity index (χ2n) is 7.72. The molecule has 1 fully saturated rings. The number of nitrogens with zero attached hydrogens (tertiary/aromatic N) is 3. The van der Waals surface area contributed by atoms with Crippen molar-refractivity contribution in [3.05, 3.63) is 23.9 Å². The van der Waals surface area contributed by atoms with E-state index in [0.29, 0.717) is 18.4 Å². The van der Waals surface area contributed by atoms with Crippen molar-refractivity contribution in [1.29, 1.82) is 0 Å². The summed E-state index contributed by atoms with van der Waals surface area (Å²) in [4.78, 5) is 21.1.